The van der Waals surface area contributed by atoms with Crippen molar-refractivity contribution in [1.29, 1.82) is 0 Å². The summed E-state index contributed by atoms with van der Waals surface area (Å²) in [5.74, 6) is 2.51. The highest BCUT2D eigenvalue weighted by atomic mass is 19.1. The van der Waals surface area contributed by atoms with Crippen LogP contribution in [0.25, 0.3) is 6.20 Å². The number of amides is 1. The lowest BCUT2D eigenvalue weighted by molar-refractivity contribution is 0.0814. The fourth-order valence-corrected chi connectivity index (χ4v) is 5.92. The molecule has 1 aromatic rings. The molecular formula is C25H38FN3O3. The molecule has 0 aliphatic heterocycles. The fraction of sp³-hybridized carbons (Fsp3) is 0.760. The van der Waals surface area contributed by atoms with Crippen LogP contribution in [0.15, 0.2) is 12.3 Å². The Morgan fingerprint density at radius 3 is 2.78 bits per heavy atom. The van der Waals surface area contributed by atoms with E-state index >= 15 is 0 Å². The summed E-state index contributed by atoms with van der Waals surface area (Å²) in [6, 6.07) is 0.0924. The number of allylic oxidation sites excluding steroid dienone is 1. The molecule has 5 unspecified atom stereocenters. The zero-order chi connectivity index (χ0) is 23.0. The molecule has 0 radical (unpaired) electrons. The zero-order valence-electron chi connectivity index (χ0n) is 19.8. The highest BCUT2D eigenvalue weighted by molar-refractivity contribution is 5.96. The third-order valence-corrected chi connectivity index (χ3v) is 7.46. The largest absolute Gasteiger partial charge is 0.477 e. The summed E-state index contributed by atoms with van der Waals surface area (Å²) in [6.45, 7) is 7.67. The first kappa shape index (κ1) is 23.3. The molecule has 7 heteroatoms. The molecule has 0 saturated heterocycles. The lowest BCUT2D eigenvalue weighted by Crippen LogP contribution is -2.43. The monoisotopic (exact) mass is 447 g/mol. The van der Waals surface area contributed by atoms with Crippen molar-refractivity contribution < 1.29 is 19.0 Å². The summed E-state index contributed by atoms with van der Waals surface area (Å²) >= 11 is 0. The molecule has 6 atom stereocenters. The van der Waals surface area contributed by atoms with Gasteiger partial charge in [-0.3, -0.25) is 9.18 Å². The van der Waals surface area contributed by atoms with Crippen LogP contribution in [0.3, 0.4) is 0 Å². The van der Waals surface area contributed by atoms with Gasteiger partial charge in [0.1, 0.15) is 5.56 Å². The molecule has 2 N–H and O–H groups in total. The van der Waals surface area contributed by atoms with Crippen LogP contribution in [0.5, 0.6) is 5.88 Å². The van der Waals surface area contributed by atoms with E-state index in [1.54, 1.807) is 26.1 Å². The molecule has 1 amide bonds. The molecule has 1 heterocycles. The van der Waals surface area contributed by atoms with E-state index in [1.807, 2.05) is 13.8 Å². The highest BCUT2D eigenvalue weighted by Gasteiger charge is 2.51. The summed E-state index contributed by atoms with van der Waals surface area (Å²) in [4.78, 5) is 13.4. The van der Waals surface area contributed by atoms with E-state index in [0.717, 1.165) is 25.7 Å². The van der Waals surface area contributed by atoms with Crippen molar-refractivity contribution in [3.8, 4) is 5.88 Å². The number of nitrogens with one attached hydrogen (secondary N) is 1. The Morgan fingerprint density at radius 2 is 2.06 bits per heavy atom. The van der Waals surface area contributed by atoms with Crippen molar-refractivity contribution >= 4 is 12.1 Å². The van der Waals surface area contributed by atoms with Crippen LogP contribution in [0.1, 0.15) is 70.2 Å². The van der Waals surface area contributed by atoms with Crippen LogP contribution in [-0.4, -0.2) is 46.2 Å². The minimum atomic E-state index is -0.622. The number of alkyl halides is 1. The Morgan fingerprint density at radius 1 is 1.31 bits per heavy atom. The molecule has 1 aromatic heterocycles. The molecule has 3 aliphatic rings. The average Bonchev–Trinajstić information content (AvgIpc) is 3.20. The number of fused-ring (bicyclic) bond motifs is 2. The van der Waals surface area contributed by atoms with Crippen LogP contribution in [0.2, 0.25) is 0 Å². The molecule has 3 fully saturated rings. The average molecular weight is 448 g/mol. The van der Waals surface area contributed by atoms with E-state index in [2.05, 4.69) is 10.4 Å². The Bertz CT molecular complexity index is 849. The van der Waals surface area contributed by atoms with Gasteiger partial charge in [-0.25, -0.2) is 4.68 Å². The molecule has 0 aromatic carbocycles. The molecule has 178 valence electrons. The topological polar surface area (TPSA) is 76.4 Å². The van der Waals surface area contributed by atoms with Gasteiger partial charge in [-0.1, -0.05) is 33.8 Å². The first-order valence-corrected chi connectivity index (χ1v) is 12.1. The summed E-state index contributed by atoms with van der Waals surface area (Å²) in [5.41, 5.74) is -0.216. The first-order valence-electron chi connectivity index (χ1n) is 12.1. The van der Waals surface area contributed by atoms with E-state index in [-0.39, 0.29) is 24.0 Å². The minimum absolute atomic E-state index is 0.0924. The maximum Gasteiger partial charge on any atom is 0.258 e. The van der Waals surface area contributed by atoms with Crippen LogP contribution in [-0.2, 0) is 0 Å². The molecule has 6 nitrogen and oxygen atoms in total. The predicted molar refractivity (Wildman–Crippen MR) is 122 cm³/mol. The van der Waals surface area contributed by atoms with Gasteiger partial charge in [0.05, 0.1) is 25.6 Å². The third-order valence-electron chi connectivity index (χ3n) is 7.46. The van der Waals surface area contributed by atoms with E-state index < -0.39 is 12.1 Å². The maximum atomic E-state index is 13.4. The number of nitrogens with zero attached hydrogens (tertiary/aromatic N) is 2. The Balaban J connectivity index is 1.55. The summed E-state index contributed by atoms with van der Waals surface area (Å²) in [7, 11) is 0. The van der Waals surface area contributed by atoms with Gasteiger partial charge in [0.25, 0.3) is 5.91 Å². The second-order valence-electron chi connectivity index (χ2n) is 11.3. The van der Waals surface area contributed by atoms with Crippen LogP contribution >= 0.6 is 0 Å². The van der Waals surface area contributed by atoms with E-state index in [1.165, 1.54) is 17.3 Å². The van der Waals surface area contributed by atoms with E-state index in [0.29, 0.717) is 41.7 Å². The highest BCUT2D eigenvalue weighted by Crippen LogP contribution is 2.53. The zero-order valence-corrected chi connectivity index (χ0v) is 19.8. The third kappa shape index (κ3) is 4.87. The fourth-order valence-electron chi connectivity index (χ4n) is 5.92. The van der Waals surface area contributed by atoms with Crippen molar-refractivity contribution in [3.05, 3.63) is 17.8 Å². The van der Waals surface area contributed by atoms with Gasteiger partial charge in [0.2, 0.25) is 5.88 Å². The first-order chi connectivity index (χ1) is 15.2. The molecule has 4 rings (SSSR count). The molecule has 3 saturated carbocycles. The minimum Gasteiger partial charge on any atom is -0.477 e. The number of carbonyl (C=O) groups is 1. The lowest BCUT2D eigenvalue weighted by Gasteiger charge is -2.31. The lowest BCUT2D eigenvalue weighted by atomic mass is 9.79. The van der Waals surface area contributed by atoms with Gasteiger partial charge in [-0.15, -0.1) is 0 Å². The smallest absolute Gasteiger partial charge is 0.258 e. The van der Waals surface area contributed by atoms with Crippen molar-refractivity contribution in [2.75, 3.05) is 13.3 Å². The quantitative estimate of drug-likeness (QED) is 0.623. The van der Waals surface area contributed by atoms with Crippen LogP contribution in [0.4, 0.5) is 4.39 Å². The van der Waals surface area contributed by atoms with Gasteiger partial charge >= 0.3 is 0 Å². The van der Waals surface area contributed by atoms with Crippen molar-refractivity contribution in [1.82, 2.24) is 15.1 Å². The molecule has 3 aliphatic carbocycles. The Kier molecular flexibility index (Phi) is 6.66. The second kappa shape index (κ2) is 9.16. The number of hydrogen-bond acceptors (Lipinski definition) is 4. The van der Waals surface area contributed by atoms with Gasteiger partial charge in [-0.05, 0) is 61.7 Å². The molecule has 0 spiro atoms. The number of aliphatic hydroxyl groups is 1. The van der Waals surface area contributed by atoms with E-state index in [4.69, 9.17) is 4.74 Å². The molecule has 3 bridgehead atoms. The SMILES string of the molecule is CC(C)COc1c(C(=O)N[C@@H]2C3CC4CC(O)CC2C(C4)C3)cnn1/C=C/C(C)(C)CF. The maximum absolute atomic E-state index is 13.4. The number of rotatable bonds is 8. The summed E-state index contributed by atoms with van der Waals surface area (Å²) in [5, 5.41) is 18.1. The van der Waals surface area contributed by atoms with Crippen molar-refractivity contribution in [2.24, 2.45) is 35.0 Å². The summed E-state index contributed by atoms with van der Waals surface area (Å²) in [6.07, 6.45) is 9.81. The second-order valence-corrected chi connectivity index (χ2v) is 11.3. The Hall–Kier alpha value is -1.89. The molecule has 32 heavy (non-hydrogen) atoms. The Labute approximate surface area is 190 Å². The normalized spacial score (nSPS) is 32.0. The number of aromatic nitrogens is 2. The van der Waals surface area contributed by atoms with Gasteiger partial charge in [0.15, 0.2) is 0 Å². The number of halogens is 1. The number of hydrogen-bond donors (Lipinski definition) is 2. The van der Waals surface area contributed by atoms with Gasteiger partial charge in [0, 0.05) is 17.7 Å². The van der Waals surface area contributed by atoms with Crippen LogP contribution < -0.4 is 10.1 Å². The number of aliphatic hydroxyl groups excluding tert-OH is 1. The standard InChI is InChI=1S/C25H38FN3O3/c1-15(2)13-32-24-21(12-27-29(24)6-5-25(3,4)14-26)23(31)28-22-18-8-16-7-17(10-18)20(22)11-19(30)9-16/h5-6,12,15-20,22,30H,7-11,13-14H2,1-4H3,(H,28,31)/b6-5+/t16?,17?,18?,19?,20?,22-/m1/s1. The number of carbonyl (C=O) groups excluding carboxylic acids is 1. The van der Waals surface area contributed by atoms with Crippen molar-refractivity contribution in [3.63, 3.8) is 0 Å². The van der Waals surface area contributed by atoms with E-state index in [9.17, 15) is 14.3 Å². The van der Waals surface area contributed by atoms with Crippen molar-refractivity contribution in [2.45, 2.75) is 71.9 Å². The molecular weight excluding hydrogens is 409 g/mol. The predicted octanol–water partition coefficient (Wildman–Crippen LogP) is 4.30. The number of ether oxygens (including phenoxy) is 1. The summed E-state index contributed by atoms with van der Waals surface area (Å²) < 4.78 is 20.8. The van der Waals surface area contributed by atoms with Gasteiger partial charge in [-0.2, -0.15) is 5.10 Å². The van der Waals surface area contributed by atoms with Gasteiger partial charge < -0.3 is 15.2 Å². The van der Waals surface area contributed by atoms with Crippen LogP contribution in [0, 0.1) is 35.0 Å².